The molecule has 3 rings (SSSR count). The molecule has 1 aliphatic rings. The highest BCUT2D eigenvalue weighted by molar-refractivity contribution is 7.99. The number of quaternary nitrogens is 1. The van der Waals surface area contributed by atoms with E-state index in [1.54, 1.807) is 18.8 Å². The van der Waals surface area contributed by atoms with Gasteiger partial charge in [0.05, 0.1) is 6.61 Å². The highest BCUT2D eigenvalue weighted by Crippen LogP contribution is 2.16. The second-order valence-electron chi connectivity index (χ2n) is 5.65. The van der Waals surface area contributed by atoms with Gasteiger partial charge in [-0.05, 0) is 6.07 Å². The summed E-state index contributed by atoms with van der Waals surface area (Å²) in [6.07, 6.45) is 0.151. The minimum absolute atomic E-state index is 0.151. The fourth-order valence-electron chi connectivity index (χ4n) is 2.66. The number of nitrogens with zero attached hydrogens (tertiary/aromatic N) is 2. The predicted octanol–water partition coefficient (Wildman–Crippen LogP) is 0.338. The highest BCUT2D eigenvalue weighted by atomic mass is 35.5. The molecule has 6 nitrogen and oxygen atoms in total. The number of rotatable bonds is 5. The summed E-state index contributed by atoms with van der Waals surface area (Å²) >= 11 is 7.79. The van der Waals surface area contributed by atoms with E-state index in [0.717, 1.165) is 37.0 Å². The van der Waals surface area contributed by atoms with Gasteiger partial charge in [0.1, 0.15) is 25.7 Å². The summed E-state index contributed by atoms with van der Waals surface area (Å²) in [5, 5.41) is 7.97. The Morgan fingerprint density at radius 3 is 3.09 bits per heavy atom. The van der Waals surface area contributed by atoms with Crippen LogP contribution in [0.4, 0.5) is 0 Å². The molecule has 1 unspecified atom stereocenters. The third-order valence-corrected chi connectivity index (χ3v) is 5.49. The van der Waals surface area contributed by atoms with Crippen molar-refractivity contribution in [3.05, 3.63) is 45.3 Å². The maximum atomic E-state index is 11.4. The van der Waals surface area contributed by atoms with Gasteiger partial charge in [0.25, 0.3) is 0 Å². The van der Waals surface area contributed by atoms with Crippen LogP contribution in [-0.2, 0) is 18.3 Å². The molecule has 2 heterocycles. The zero-order chi connectivity index (χ0) is 16.2. The first kappa shape index (κ1) is 16.6. The lowest BCUT2D eigenvalue weighted by Gasteiger charge is -2.30. The molecule has 0 radical (unpaired) electrons. The molecule has 0 aliphatic carbocycles. The average Bonchev–Trinajstić information content (AvgIpc) is 2.87. The molecular weight excluding hydrogens is 336 g/mol. The molecule has 0 bridgehead atoms. The van der Waals surface area contributed by atoms with E-state index in [0.29, 0.717) is 5.16 Å². The molecule has 1 aromatic heterocycles. The topological polar surface area (TPSA) is 64.3 Å². The Hall–Kier alpha value is -1.28. The second kappa shape index (κ2) is 7.53. The van der Waals surface area contributed by atoms with Crippen LogP contribution in [0.3, 0.4) is 0 Å². The van der Waals surface area contributed by atoms with Gasteiger partial charge in [-0.25, -0.2) is 9.89 Å². The minimum Gasteiger partial charge on any atom is -0.366 e. The molecule has 1 aromatic carbocycles. The monoisotopic (exact) mass is 355 g/mol. The molecule has 2 aromatic rings. The molecule has 1 aliphatic heterocycles. The molecular formula is C15H20ClN4O2S+. The van der Waals surface area contributed by atoms with Gasteiger partial charge < -0.3 is 9.64 Å². The van der Waals surface area contributed by atoms with E-state index in [1.165, 1.54) is 15.0 Å². The van der Waals surface area contributed by atoms with Crippen LogP contribution >= 0.6 is 23.4 Å². The van der Waals surface area contributed by atoms with Crippen molar-refractivity contribution in [3.63, 3.8) is 0 Å². The van der Waals surface area contributed by atoms with Crippen molar-refractivity contribution in [2.24, 2.45) is 7.05 Å². The Kier molecular flexibility index (Phi) is 5.42. The summed E-state index contributed by atoms with van der Waals surface area (Å²) in [6.45, 7) is 3.56. The van der Waals surface area contributed by atoms with Gasteiger partial charge in [-0.1, -0.05) is 41.6 Å². The Bertz CT molecular complexity index is 717. The molecule has 0 saturated carbocycles. The molecule has 23 heavy (non-hydrogen) atoms. The molecule has 2 atom stereocenters. The lowest BCUT2D eigenvalue weighted by Crippen LogP contribution is -3.13. The lowest BCUT2D eigenvalue weighted by molar-refractivity contribution is -0.924. The third kappa shape index (κ3) is 4.17. The molecule has 0 amide bonds. The van der Waals surface area contributed by atoms with Crippen molar-refractivity contribution in [1.29, 1.82) is 0 Å². The summed E-state index contributed by atoms with van der Waals surface area (Å²) in [6, 6.07) is 7.98. The summed E-state index contributed by atoms with van der Waals surface area (Å²) in [5.74, 6) is 0.782. The van der Waals surface area contributed by atoms with Crippen LogP contribution < -0.4 is 10.6 Å². The van der Waals surface area contributed by atoms with Crippen LogP contribution in [0.2, 0.25) is 5.02 Å². The number of hydrogen-bond donors (Lipinski definition) is 2. The van der Waals surface area contributed by atoms with Crippen molar-refractivity contribution in [1.82, 2.24) is 14.8 Å². The van der Waals surface area contributed by atoms with Crippen molar-refractivity contribution < 1.29 is 9.64 Å². The standard InChI is InChI=1S/C15H19ClN4O2S/c1-19-14(21)17-18-15(19)23-10-12-9-20(6-7-22-12)8-11-4-2-3-5-13(11)16/h2-5,12H,6-10H2,1H3,(H,17,21)/p+1/t12-/m1/s1. The van der Waals surface area contributed by atoms with Crippen LogP contribution in [0.1, 0.15) is 5.56 Å². The van der Waals surface area contributed by atoms with Crippen molar-refractivity contribution in [2.75, 3.05) is 25.4 Å². The zero-order valence-corrected chi connectivity index (χ0v) is 14.5. The first-order valence-electron chi connectivity index (χ1n) is 7.56. The van der Waals surface area contributed by atoms with E-state index in [2.05, 4.69) is 16.3 Å². The van der Waals surface area contributed by atoms with Gasteiger partial charge in [-0.15, -0.1) is 5.10 Å². The van der Waals surface area contributed by atoms with E-state index in [4.69, 9.17) is 16.3 Å². The maximum absolute atomic E-state index is 11.4. The van der Waals surface area contributed by atoms with E-state index in [9.17, 15) is 4.79 Å². The number of thioether (sulfide) groups is 1. The quantitative estimate of drug-likeness (QED) is 0.759. The van der Waals surface area contributed by atoms with E-state index < -0.39 is 0 Å². The molecule has 2 N–H and O–H groups in total. The summed E-state index contributed by atoms with van der Waals surface area (Å²) in [7, 11) is 1.71. The minimum atomic E-state index is -0.192. The number of H-pyrrole nitrogens is 1. The number of aromatic nitrogens is 3. The number of aromatic amines is 1. The number of nitrogens with one attached hydrogen (secondary N) is 2. The van der Waals surface area contributed by atoms with Crippen LogP contribution in [-0.4, -0.2) is 46.3 Å². The Morgan fingerprint density at radius 1 is 1.52 bits per heavy atom. The third-order valence-electron chi connectivity index (χ3n) is 3.96. The smallest absolute Gasteiger partial charge is 0.343 e. The highest BCUT2D eigenvalue weighted by Gasteiger charge is 2.25. The molecule has 1 fully saturated rings. The first-order chi connectivity index (χ1) is 11.1. The molecule has 124 valence electrons. The van der Waals surface area contributed by atoms with Gasteiger partial charge in [-0.2, -0.15) is 0 Å². The summed E-state index contributed by atoms with van der Waals surface area (Å²) < 4.78 is 7.36. The lowest BCUT2D eigenvalue weighted by atomic mass is 10.2. The molecule has 0 spiro atoms. The predicted molar refractivity (Wildman–Crippen MR) is 90.1 cm³/mol. The van der Waals surface area contributed by atoms with Gasteiger partial charge in [0.15, 0.2) is 5.16 Å². The van der Waals surface area contributed by atoms with Crippen molar-refractivity contribution >= 4 is 23.4 Å². The Morgan fingerprint density at radius 2 is 2.35 bits per heavy atom. The summed E-state index contributed by atoms with van der Waals surface area (Å²) in [4.78, 5) is 12.8. The number of halogens is 1. The van der Waals surface area contributed by atoms with Gasteiger partial charge in [0, 0.05) is 23.4 Å². The van der Waals surface area contributed by atoms with Crippen LogP contribution in [0, 0.1) is 0 Å². The first-order valence-corrected chi connectivity index (χ1v) is 8.92. The average molecular weight is 356 g/mol. The normalized spacial score (nSPS) is 21.5. The number of ether oxygens (including phenoxy) is 1. The number of morpholine rings is 1. The fraction of sp³-hybridized carbons (Fsp3) is 0.467. The fourth-order valence-corrected chi connectivity index (χ4v) is 3.80. The van der Waals surface area contributed by atoms with Crippen LogP contribution in [0.5, 0.6) is 0 Å². The largest absolute Gasteiger partial charge is 0.366 e. The van der Waals surface area contributed by atoms with E-state index in [1.807, 2.05) is 18.2 Å². The zero-order valence-electron chi connectivity index (χ0n) is 12.9. The van der Waals surface area contributed by atoms with Crippen molar-refractivity contribution in [3.8, 4) is 0 Å². The number of benzene rings is 1. The second-order valence-corrected chi connectivity index (χ2v) is 7.04. The Labute approximate surface area is 143 Å². The van der Waals surface area contributed by atoms with Gasteiger partial charge in [0.2, 0.25) is 0 Å². The van der Waals surface area contributed by atoms with Crippen molar-refractivity contribution in [2.45, 2.75) is 17.8 Å². The SMILES string of the molecule is Cn1c(SC[C@H]2C[NH+](Cc3ccccc3Cl)CCO2)n[nH]c1=O. The van der Waals surface area contributed by atoms with Gasteiger partial charge >= 0.3 is 5.69 Å². The van der Waals surface area contributed by atoms with E-state index >= 15 is 0 Å². The molecule has 1 saturated heterocycles. The maximum Gasteiger partial charge on any atom is 0.343 e. The Balaban J connectivity index is 1.55. The molecule has 8 heteroatoms. The van der Waals surface area contributed by atoms with E-state index in [-0.39, 0.29) is 11.8 Å². The summed E-state index contributed by atoms with van der Waals surface area (Å²) in [5.41, 5.74) is 0.982. The number of hydrogen-bond acceptors (Lipinski definition) is 4. The van der Waals surface area contributed by atoms with Crippen LogP contribution in [0.25, 0.3) is 0 Å². The van der Waals surface area contributed by atoms with Gasteiger partial charge in [-0.3, -0.25) is 4.57 Å². The van der Waals surface area contributed by atoms with Crippen LogP contribution in [0.15, 0.2) is 34.2 Å².